The standard InChI is InChI=1S/C35H43N3O7/c1-5-6-7-29(36-34(40)37-30(19-33(39)42-4)28-16-17-31-32(18-28)45-23-44-31)22-43-35(41)38(20-26-12-8-24(2)9-13-26)21-27-14-10-25(3)11-15-27/h8-18,29-30H,5-7,19-23H2,1-4H3,(H2,36,37,40). The van der Waals surface area contributed by atoms with Crippen LogP contribution in [0.4, 0.5) is 9.59 Å². The van der Waals surface area contributed by atoms with Crippen molar-refractivity contribution in [2.24, 2.45) is 0 Å². The summed E-state index contributed by atoms with van der Waals surface area (Å²) in [5.41, 5.74) is 4.93. The summed E-state index contributed by atoms with van der Waals surface area (Å²) in [6, 6.07) is 19.7. The molecule has 0 fully saturated rings. The monoisotopic (exact) mass is 617 g/mol. The molecule has 10 heteroatoms. The van der Waals surface area contributed by atoms with Gasteiger partial charge >= 0.3 is 18.1 Å². The molecule has 4 rings (SSSR count). The van der Waals surface area contributed by atoms with E-state index in [2.05, 4.69) is 17.6 Å². The minimum absolute atomic E-state index is 0.00373. The highest BCUT2D eigenvalue weighted by Crippen LogP contribution is 2.35. The molecule has 2 unspecified atom stereocenters. The number of carbonyl (C=O) groups excluding carboxylic acids is 3. The van der Waals surface area contributed by atoms with Crippen molar-refractivity contribution in [1.29, 1.82) is 0 Å². The normalized spacial score (nSPS) is 13.0. The van der Waals surface area contributed by atoms with Crippen molar-refractivity contribution in [3.8, 4) is 11.5 Å². The first kappa shape index (κ1) is 33.2. The first-order valence-corrected chi connectivity index (χ1v) is 15.3. The number of unbranched alkanes of at least 4 members (excludes halogenated alkanes) is 1. The molecular weight excluding hydrogens is 574 g/mol. The Hall–Kier alpha value is -4.73. The van der Waals surface area contributed by atoms with Crippen LogP contribution in [0.3, 0.4) is 0 Å². The number of fused-ring (bicyclic) bond motifs is 1. The lowest BCUT2D eigenvalue weighted by atomic mass is 10.0. The molecule has 45 heavy (non-hydrogen) atoms. The van der Waals surface area contributed by atoms with Crippen LogP contribution in [0.15, 0.2) is 66.7 Å². The molecule has 3 aromatic rings. The molecular formula is C35H43N3O7. The predicted octanol–water partition coefficient (Wildman–Crippen LogP) is 6.33. The summed E-state index contributed by atoms with van der Waals surface area (Å²) in [6.45, 7) is 6.97. The molecule has 2 N–H and O–H groups in total. The van der Waals surface area contributed by atoms with Crippen LogP contribution in [0, 0.1) is 13.8 Å². The lowest BCUT2D eigenvalue weighted by Gasteiger charge is -2.26. The minimum Gasteiger partial charge on any atom is -0.469 e. The van der Waals surface area contributed by atoms with Gasteiger partial charge in [-0.3, -0.25) is 9.69 Å². The summed E-state index contributed by atoms with van der Waals surface area (Å²) in [5.74, 6) is 0.662. The van der Waals surface area contributed by atoms with Gasteiger partial charge in [-0.25, -0.2) is 9.59 Å². The van der Waals surface area contributed by atoms with Crippen LogP contribution in [0.1, 0.15) is 66.5 Å². The van der Waals surface area contributed by atoms with Crippen LogP contribution in [-0.2, 0) is 27.4 Å². The van der Waals surface area contributed by atoms with Gasteiger partial charge < -0.3 is 29.6 Å². The van der Waals surface area contributed by atoms with Crippen molar-refractivity contribution in [3.05, 3.63) is 94.5 Å². The average molecular weight is 618 g/mol. The summed E-state index contributed by atoms with van der Waals surface area (Å²) in [6.07, 6.45) is 1.79. The number of amides is 3. The molecule has 240 valence electrons. The predicted molar refractivity (Wildman–Crippen MR) is 170 cm³/mol. The molecule has 0 aliphatic carbocycles. The molecule has 0 saturated heterocycles. The SMILES string of the molecule is CCCCC(COC(=O)N(Cc1ccc(C)cc1)Cc1ccc(C)cc1)NC(=O)NC(CC(=O)OC)c1ccc2c(c1)OCO2. The van der Waals surface area contributed by atoms with E-state index >= 15 is 0 Å². The van der Waals surface area contributed by atoms with Crippen molar-refractivity contribution in [1.82, 2.24) is 15.5 Å². The summed E-state index contributed by atoms with van der Waals surface area (Å²) >= 11 is 0. The Morgan fingerprint density at radius 3 is 2.09 bits per heavy atom. The molecule has 0 spiro atoms. The second kappa shape index (κ2) is 16.4. The Morgan fingerprint density at radius 1 is 0.867 bits per heavy atom. The number of carbonyl (C=O) groups is 3. The van der Waals surface area contributed by atoms with E-state index in [0.717, 1.165) is 35.1 Å². The highest BCUT2D eigenvalue weighted by Gasteiger charge is 2.25. The van der Waals surface area contributed by atoms with E-state index in [1.165, 1.54) is 7.11 Å². The topological polar surface area (TPSA) is 115 Å². The fourth-order valence-electron chi connectivity index (χ4n) is 4.94. The number of nitrogens with one attached hydrogen (secondary N) is 2. The van der Waals surface area contributed by atoms with Gasteiger partial charge in [0.2, 0.25) is 6.79 Å². The largest absolute Gasteiger partial charge is 0.469 e. The van der Waals surface area contributed by atoms with E-state index < -0.39 is 30.2 Å². The molecule has 0 aromatic heterocycles. The van der Waals surface area contributed by atoms with Gasteiger partial charge in [-0.15, -0.1) is 0 Å². The number of methoxy groups -OCH3 is 1. The van der Waals surface area contributed by atoms with E-state index in [0.29, 0.717) is 36.6 Å². The lowest BCUT2D eigenvalue weighted by Crippen LogP contribution is -2.46. The molecule has 1 aliphatic rings. The highest BCUT2D eigenvalue weighted by molar-refractivity contribution is 5.77. The molecule has 0 bridgehead atoms. The van der Waals surface area contributed by atoms with E-state index in [-0.39, 0.29) is 19.8 Å². The number of aryl methyl sites for hydroxylation is 2. The van der Waals surface area contributed by atoms with Crippen molar-refractivity contribution in [2.75, 3.05) is 20.5 Å². The molecule has 3 amide bonds. The Bertz CT molecular complexity index is 1380. The maximum atomic E-state index is 13.5. The third-order valence-electron chi connectivity index (χ3n) is 7.60. The van der Waals surface area contributed by atoms with Crippen molar-refractivity contribution < 1.29 is 33.3 Å². The maximum absolute atomic E-state index is 13.5. The third kappa shape index (κ3) is 10.2. The second-order valence-corrected chi connectivity index (χ2v) is 11.3. The first-order chi connectivity index (χ1) is 21.7. The molecule has 0 radical (unpaired) electrons. The Morgan fingerprint density at radius 2 is 1.49 bits per heavy atom. The van der Waals surface area contributed by atoms with E-state index in [4.69, 9.17) is 18.9 Å². The van der Waals surface area contributed by atoms with Crippen molar-refractivity contribution >= 4 is 18.1 Å². The van der Waals surface area contributed by atoms with Gasteiger partial charge in [0.25, 0.3) is 0 Å². The highest BCUT2D eigenvalue weighted by atomic mass is 16.7. The number of hydrogen-bond donors (Lipinski definition) is 2. The Labute approximate surface area is 265 Å². The smallest absolute Gasteiger partial charge is 0.410 e. The van der Waals surface area contributed by atoms with E-state index in [9.17, 15) is 14.4 Å². The van der Waals surface area contributed by atoms with Crippen LogP contribution in [0.5, 0.6) is 11.5 Å². The molecule has 2 atom stereocenters. The van der Waals surface area contributed by atoms with Gasteiger partial charge in [-0.05, 0) is 49.1 Å². The van der Waals surface area contributed by atoms with Crippen molar-refractivity contribution in [2.45, 2.75) is 71.6 Å². The summed E-state index contributed by atoms with van der Waals surface area (Å²) in [4.78, 5) is 40.6. The maximum Gasteiger partial charge on any atom is 0.410 e. The number of benzene rings is 3. The van der Waals surface area contributed by atoms with Crippen LogP contribution < -0.4 is 20.1 Å². The third-order valence-corrected chi connectivity index (χ3v) is 7.60. The summed E-state index contributed by atoms with van der Waals surface area (Å²) in [5, 5.41) is 5.83. The zero-order valence-corrected chi connectivity index (χ0v) is 26.5. The van der Waals surface area contributed by atoms with Gasteiger partial charge in [0, 0.05) is 13.1 Å². The number of nitrogens with zero attached hydrogens (tertiary/aromatic N) is 1. The number of hydrogen-bond acceptors (Lipinski definition) is 7. The van der Waals surface area contributed by atoms with Gasteiger partial charge in [-0.2, -0.15) is 0 Å². The van der Waals surface area contributed by atoms with Crippen LogP contribution in [0.25, 0.3) is 0 Å². The number of rotatable bonds is 14. The van der Waals surface area contributed by atoms with Gasteiger partial charge in [0.1, 0.15) is 6.61 Å². The zero-order chi connectivity index (χ0) is 32.2. The average Bonchev–Trinajstić information content (AvgIpc) is 3.51. The summed E-state index contributed by atoms with van der Waals surface area (Å²) < 4.78 is 21.5. The number of urea groups is 1. The van der Waals surface area contributed by atoms with Crippen LogP contribution in [0.2, 0.25) is 0 Å². The van der Waals surface area contributed by atoms with Gasteiger partial charge in [0.15, 0.2) is 11.5 Å². The molecule has 3 aromatic carbocycles. The Balaban J connectivity index is 1.42. The van der Waals surface area contributed by atoms with Crippen molar-refractivity contribution in [3.63, 3.8) is 0 Å². The molecule has 1 heterocycles. The van der Waals surface area contributed by atoms with E-state index in [1.54, 1.807) is 23.1 Å². The zero-order valence-electron chi connectivity index (χ0n) is 26.5. The minimum atomic E-state index is -0.680. The second-order valence-electron chi connectivity index (χ2n) is 11.3. The Kier molecular flexibility index (Phi) is 12.1. The fraction of sp³-hybridized carbons (Fsp3) is 0.400. The number of esters is 1. The van der Waals surface area contributed by atoms with Gasteiger partial charge in [-0.1, -0.05) is 85.5 Å². The lowest BCUT2D eigenvalue weighted by molar-refractivity contribution is -0.141. The molecule has 10 nitrogen and oxygen atoms in total. The van der Waals surface area contributed by atoms with Crippen LogP contribution >= 0.6 is 0 Å². The quantitative estimate of drug-likeness (QED) is 0.203. The summed E-state index contributed by atoms with van der Waals surface area (Å²) in [7, 11) is 1.30. The van der Waals surface area contributed by atoms with Gasteiger partial charge in [0.05, 0.1) is 25.6 Å². The fourth-order valence-corrected chi connectivity index (χ4v) is 4.94. The van der Waals surface area contributed by atoms with E-state index in [1.807, 2.05) is 62.4 Å². The van der Waals surface area contributed by atoms with Crippen LogP contribution in [-0.4, -0.2) is 49.5 Å². The molecule has 0 saturated carbocycles. The number of ether oxygens (including phenoxy) is 4. The first-order valence-electron chi connectivity index (χ1n) is 15.3. The molecule has 1 aliphatic heterocycles.